The van der Waals surface area contributed by atoms with E-state index < -0.39 is 21.6 Å². The van der Waals surface area contributed by atoms with Crippen molar-refractivity contribution in [1.82, 2.24) is 4.72 Å². The van der Waals surface area contributed by atoms with Crippen LogP contribution in [0.5, 0.6) is 0 Å². The van der Waals surface area contributed by atoms with E-state index in [0.717, 1.165) is 6.07 Å². The molecule has 0 atom stereocenters. The van der Waals surface area contributed by atoms with Gasteiger partial charge < -0.3 is 9.47 Å². The Balaban J connectivity index is 1.98. The molecule has 0 radical (unpaired) electrons. The van der Waals surface area contributed by atoms with Crippen molar-refractivity contribution in [2.45, 2.75) is 31.0 Å². The molecule has 5 nitrogen and oxygen atoms in total. The number of sulfonamides is 1. The van der Waals surface area contributed by atoms with Crippen LogP contribution in [0.4, 0.5) is 4.39 Å². The molecule has 20 heavy (non-hydrogen) atoms. The second-order valence-corrected chi connectivity index (χ2v) is 6.66. The molecule has 1 aliphatic heterocycles. The standard InChI is InChI=1S/C13H18FNO4S/c1-10-9-11(3-4-12(10)14)20(16,17)15-6-5-13(2)18-7-8-19-13/h3-4,9,15H,5-8H2,1-2H3. The average Bonchev–Trinajstić information content (AvgIpc) is 2.79. The van der Waals surface area contributed by atoms with E-state index in [1.165, 1.54) is 19.1 Å². The van der Waals surface area contributed by atoms with Gasteiger partial charge in [0.1, 0.15) is 5.82 Å². The van der Waals surface area contributed by atoms with Gasteiger partial charge in [-0.15, -0.1) is 0 Å². The Kier molecular flexibility index (Phi) is 4.43. The van der Waals surface area contributed by atoms with Crippen molar-refractivity contribution in [3.8, 4) is 0 Å². The summed E-state index contributed by atoms with van der Waals surface area (Å²) in [5, 5.41) is 0. The highest BCUT2D eigenvalue weighted by Crippen LogP contribution is 2.22. The van der Waals surface area contributed by atoms with Gasteiger partial charge in [0, 0.05) is 13.0 Å². The molecule has 1 saturated heterocycles. The minimum absolute atomic E-state index is 0.0508. The fraction of sp³-hybridized carbons (Fsp3) is 0.538. The van der Waals surface area contributed by atoms with Gasteiger partial charge in [0.15, 0.2) is 5.79 Å². The molecule has 0 unspecified atom stereocenters. The van der Waals surface area contributed by atoms with Crippen LogP contribution >= 0.6 is 0 Å². The molecule has 0 amide bonds. The lowest BCUT2D eigenvalue weighted by atomic mass is 10.2. The summed E-state index contributed by atoms with van der Waals surface area (Å²) in [4.78, 5) is 0.0508. The quantitative estimate of drug-likeness (QED) is 0.896. The average molecular weight is 303 g/mol. The van der Waals surface area contributed by atoms with Gasteiger partial charge in [-0.2, -0.15) is 0 Å². The topological polar surface area (TPSA) is 64.6 Å². The molecule has 112 valence electrons. The minimum Gasteiger partial charge on any atom is -0.348 e. The maximum absolute atomic E-state index is 13.1. The first kappa shape index (κ1) is 15.4. The molecule has 0 bridgehead atoms. The number of halogens is 1. The first-order chi connectivity index (χ1) is 9.32. The molecular weight excluding hydrogens is 285 g/mol. The molecule has 1 N–H and O–H groups in total. The predicted molar refractivity (Wildman–Crippen MR) is 71.3 cm³/mol. The predicted octanol–water partition coefficient (Wildman–Crippen LogP) is 1.57. The zero-order valence-electron chi connectivity index (χ0n) is 11.5. The van der Waals surface area contributed by atoms with Crippen molar-refractivity contribution in [1.29, 1.82) is 0 Å². The largest absolute Gasteiger partial charge is 0.348 e. The Morgan fingerprint density at radius 1 is 1.35 bits per heavy atom. The van der Waals surface area contributed by atoms with E-state index in [2.05, 4.69) is 4.72 Å². The van der Waals surface area contributed by atoms with Crippen molar-refractivity contribution in [3.05, 3.63) is 29.6 Å². The van der Waals surface area contributed by atoms with Crippen LogP contribution in [0.1, 0.15) is 18.9 Å². The van der Waals surface area contributed by atoms with Crippen LogP contribution in [-0.2, 0) is 19.5 Å². The van der Waals surface area contributed by atoms with Crippen LogP contribution in [0.3, 0.4) is 0 Å². The summed E-state index contributed by atoms with van der Waals surface area (Å²) in [7, 11) is -3.65. The highest BCUT2D eigenvalue weighted by Gasteiger charge is 2.30. The lowest BCUT2D eigenvalue weighted by molar-refractivity contribution is -0.145. The molecule has 1 fully saturated rings. The third-order valence-electron chi connectivity index (χ3n) is 3.21. The van der Waals surface area contributed by atoms with Crippen LogP contribution in [0.15, 0.2) is 23.1 Å². The van der Waals surface area contributed by atoms with E-state index in [9.17, 15) is 12.8 Å². The fourth-order valence-corrected chi connectivity index (χ4v) is 3.10. The number of aryl methyl sites for hydroxylation is 1. The van der Waals surface area contributed by atoms with Crippen LogP contribution in [0.25, 0.3) is 0 Å². The Morgan fingerprint density at radius 3 is 2.60 bits per heavy atom. The third kappa shape index (κ3) is 3.54. The Hall–Kier alpha value is -1.02. The van der Waals surface area contributed by atoms with Crippen molar-refractivity contribution in [2.75, 3.05) is 19.8 Å². The molecular formula is C13H18FNO4S. The highest BCUT2D eigenvalue weighted by molar-refractivity contribution is 7.89. The summed E-state index contributed by atoms with van der Waals surface area (Å²) in [6.07, 6.45) is 0.409. The van der Waals surface area contributed by atoms with Gasteiger partial charge in [-0.25, -0.2) is 17.5 Å². The number of hydrogen-bond acceptors (Lipinski definition) is 4. The summed E-state index contributed by atoms with van der Waals surface area (Å²) >= 11 is 0. The second kappa shape index (κ2) is 5.77. The molecule has 2 rings (SSSR count). The summed E-state index contributed by atoms with van der Waals surface area (Å²) in [6, 6.07) is 3.70. The summed E-state index contributed by atoms with van der Waals surface area (Å²) in [5.74, 6) is -1.16. The molecule has 0 aliphatic carbocycles. The van der Waals surface area contributed by atoms with Gasteiger partial charge in [-0.1, -0.05) is 0 Å². The van der Waals surface area contributed by atoms with Gasteiger partial charge in [0.25, 0.3) is 0 Å². The van der Waals surface area contributed by atoms with Gasteiger partial charge >= 0.3 is 0 Å². The van der Waals surface area contributed by atoms with Crippen molar-refractivity contribution < 1.29 is 22.3 Å². The minimum atomic E-state index is -3.65. The highest BCUT2D eigenvalue weighted by atomic mass is 32.2. The first-order valence-electron chi connectivity index (χ1n) is 6.36. The lowest BCUT2D eigenvalue weighted by Gasteiger charge is -2.22. The fourth-order valence-electron chi connectivity index (χ4n) is 1.98. The third-order valence-corrected chi connectivity index (χ3v) is 4.67. The van der Waals surface area contributed by atoms with Gasteiger partial charge in [-0.05, 0) is 37.6 Å². The summed E-state index contributed by atoms with van der Waals surface area (Å²) in [6.45, 7) is 4.52. The smallest absolute Gasteiger partial charge is 0.240 e. The maximum Gasteiger partial charge on any atom is 0.240 e. The molecule has 7 heteroatoms. The Morgan fingerprint density at radius 2 is 2.00 bits per heavy atom. The summed E-state index contributed by atoms with van der Waals surface area (Å²) < 4.78 is 50.5. The maximum atomic E-state index is 13.1. The molecule has 1 aromatic carbocycles. The molecule has 1 aromatic rings. The zero-order valence-corrected chi connectivity index (χ0v) is 12.3. The van der Waals surface area contributed by atoms with E-state index in [-0.39, 0.29) is 11.4 Å². The number of rotatable bonds is 5. The van der Waals surface area contributed by atoms with E-state index in [1.807, 2.05) is 0 Å². The Labute approximate surface area is 118 Å². The summed E-state index contributed by atoms with van der Waals surface area (Å²) in [5.41, 5.74) is 0.294. The molecule has 0 spiro atoms. The second-order valence-electron chi connectivity index (χ2n) is 4.89. The van der Waals surface area contributed by atoms with Gasteiger partial charge in [-0.3, -0.25) is 0 Å². The van der Waals surface area contributed by atoms with Crippen LogP contribution < -0.4 is 4.72 Å². The van der Waals surface area contributed by atoms with Crippen LogP contribution in [0.2, 0.25) is 0 Å². The number of hydrogen-bond donors (Lipinski definition) is 1. The number of ether oxygens (including phenoxy) is 2. The van der Waals surface area contributed by atoms with E-state index in [4.69, 9.17) is 9.47 Å². The van der Waals surface area contributed by atoms with E-state index in [1.54, 1.807) is 6.92 Å². The molecule has 1 heterocycles. The number of benzene rings is 1. The Bertz CT molecular complexity index is 582. The SMILES string of the molecule is Cc1cc(S(=O)(=O)NCCC2(C)OCCO2)ccc1F. The monoisotopic (exact) mass is 303 g/mol. The van der Waals surface area contributed by atoms with Gasteiger partial charge in [0.2, 0.25) is 10.0 Å². The van der Waals surface area contributed by atoms with E-state index >= 15 is 0 Å². The van der Waals surface area contributed by atoms with Crippen LogP contribution in [-0.4, -0.2) is 34.0 Å². The van der Waals surface area contributed by atoms with Crippen molar-refractivity contribution in [2.24, 2.45) is 0 Å². The zero-order chi connectivity index (χ0) is 14.8. The van der Waals surface area contributed by atoms with Crippen molar-refractivity contribution in [3.63, 3.8) is 0 Å². The molecule has 1 aliphatic rings. The lowest BCUT2D eigenvalue weighted by Crippen LogP contribution is -2.33. The normalized spacial score (nSPS) is 18.4. The first-order valence-corrected chi connectivity index (χ1v) is 7.84. The van der Waals surface area contributed by atoms with Gasteiger partial charge in [0.05, 0.1) is 18.1 Å². The van der Waals surface area contributed by atoms with E-state index in [0.29, 0.717) is 25.2 Å². The van der Waals surface area contributed by atoms with Crippen LogP contribution in [0, 0.1) is 12.7 Å². The van der Waals surface area contributed by atoms with Crippen molar-refractivity contribution >= 4 is 10.0 Å². The molecule has 0 saturated carbocycles. The number of nitrogens with one attached hydrogen (secondary N) is 1. The molecule has 0 aromatic heterocycles.